The van der Waals surface area contributed by atoms with Gasteiger partial charge in [0.2, 0.25) is 0 Å². The van der Waals surface area contributed by atoms with E-state index in [-0.39, 0.29) is 5.41 Å². The number of pyridine rings is 1. The highest BCUT2D eigenvalue weighted by atomic mass is 35.5. The highest BCUT2D eigenvalue weighted by molar-refractivity contribution is 6.17. The van der Waals surface area contributed by atoms with E-state index in [0.717, 1.165) is 35.3 Å². The molecule has 0 saturated carbocycles. The van der Waals surface area contributed by atoms with Gasteiger partial charge in [-0.2, -0.15) is 0 Å². The van der Waals surface area contributed by atoms with Crippen LogP contribution in [0.5, 0.6) is 5.75 Å². The fourth-order valence-corrected chi connectivity index (χ4v) is 2.60. The number of nitrogens with zero attached hydrogens (tertiary/aromatic N) is 1. The smallest absolute Gasteiger partial charge is 0.133 e. The zero-order valence-corrected chi connectivity index (χ0v) is 13.0. The highest BCUT2D eigenvalue weighted by Crippen LogP contribution is 2.27. The number of benzene rings is 1. The van der Waals surface area contributed by atoms with E-state index in [1.54, 1.807) is 7.11 Å². The van der Waals surface area contributed by atoms with E-state index in [9.17, 15) is 0 Å². The third-order valence-corrected chi connectivity index (χ3v) is 3.67. The van der Waals surface area contributed by atoms with Crippen LogP contribution in [0.1, 0.15) is 20.3 Å². The molecular weight excluding hydrogens is 272 g/mol. The minimum absolute atomic E-state index is 0.151. The number of anilines is 1. The molecule has 0 unspecified atom stereocenters. The molecule has 0 aliphatic rings. The highest BCUT2D eigenvalue weighted by Gasteiger charge is 2.17. The second kappa shape index (κ2) is 6.31. The Morgan fingerprint density at radius 1 is 1.30 bits per heavy atom. The predicted octanol–water partition coefficient (Wildman–Crippen LogP) is 4.31. The van der Waals surface area contributed by atoms with E-state index in [1.807, 2.05) is 30.5 Å². The summed E-state index contributed by atoms with van der Waals surface area (Å²) in [6.45, 7) is 5.25. The molecule has 0 saturated heterocycles. The van der Waals surface area contributed by atoms with Crippen LogP contribution in [0.15, 0.2) is 30.5 Å². The summed E-state index contributed by atoms with van der Waals surface area (Å²) in [4.78, 5) is 4.44. The first-order valence-electron chi connectivity index (χ1n) is 6.78. The Kier molecular flexibility index (Phi) is 4.71. The van der Waals surface area contributed by atoms with Gasteiger partial charge in [-0.05, 0) is 41.5 Å². The van der Waals surface area contributed by atoms with E-state index in [2.05, 4.69) is 24.1 Å². The molecule has 0 spiro atoms. The first kappa shape index (κ1) is 14.9. The molecule has 3 nitrogen and oxygen atoms in total. The quantitative estimate of drug-likeness (QED) is 0.806. The normalized spacial score (nSPS) is 11.6. The van der Waals surface area contributed by atoms with Crippen LogP contribution >= 0.6 is 11.6 Å². The Labute approximate surface area is 125 Å². The summed E-state index contributed by atoms with van der Waals surface area (Å²) < 4.78 is 5.25. The van der Waals surface area contributed by atoms with Crippen molar-refractivity contribution < 1.29 is 4.74 Å². The summed E-state index contributed by atoms with van der Waals surface area (Å²) in [5.74, 6) is 2.44. The third kappa shape index (κ3) is 3.54. The van der Waals surface area contributed by atoms with Gasteiger partial charge in [-0.3, -0.25) is 0 Å². The van der Waals surface area contributed by atoms with Crippen LogP contribution in [0.3, 0.4) is 0 Å². The van der Waals surface area contributed by atoms with Crippen LogP contribution in [0.25, 0.3) is 10.8 Å². The van der Waals surface area contributed by atoms with Crippen LogP contribution in [-0.4, -0.2) is 24.5 Å². The Morgan fingerprint density at radius 2 is 2.10 bits per heavy atom. The van der Waals surface area contributed by atoms with Gasteiger partial charge < -0.3 is 10.1 Å². The van der Waals surface area contributed by atoms with Gasteiger partial charge in [0, 0.05) is 24.0 Å². The maximum atomic E-state index is 5.84. The largest absolute Gasteiger partial charge is 0.497 e. The second-order valence-corrected chi connectivity index (χ2v) is 6.08. The average Bonchev–Trinajstić information content (AvgIpc) is 2.44. The molecule has 108 valence electrons. The number of rotatable bonds is 6. The minimum Gasteiger partial charge on any atom is -0.497 e. The number of nitrogens with one attached hydrogen (secondary N) is 1. The molecule has 1 aromatic carbocycles. The second-order valence-electron chi connectivity index (χ2n) is 5.70. The van der Waals surface area contributed by atoms with Gasteiger partial charge in [0.1, 0.15) is 11.6 Å². The molecule has 0 fully saturated rings. The van der Waals surface area contributed by atoms with E-state index in [4.69, 9.17) is 16.3 Å². The lowest BCUT2D eigenvalue weighted by atomic mass is 9.90. The van der Waals surface area contributed by atoms with E-state index < -0.39 is 0 Å². The Hall–Kier alpha value is -1.48. The predicted molar refractivity (Wildman–Crippen MR) is 85.9 cm³/mol. The monoisotopic (exact) mass is 292 g/mol. The van der Waals surface area contributed by atoms with Gasteiger partial charge >= 0.3 is 0 Å². The maximum Gasteiger partial charge on any atom is 0.133 e. The number of methoxy groups -OCH3 is 1. The van der Waals surface area contributed by atoms with Crippen molar-refractivity contribution >= 4 is 28.2 Å². The molecule has 0 radical (unpaired) electrons. The molecule has 1 N–H and O–H groups in total. The molecule has 20 heavy (non-hydrogen) atoms. The molecule has 0 bridgehead atoms. The molecule has 0 atom stereocenters. The van der Waals surface area contributed by atoms with Gasteiger partial charge in [0.05, 0.1) is 7.11 Å². The van der Waals surface area contributed by atoms with E-state index >= 15 is 0 Å². The molecule has 1 aromatic heterocycles. The SMILES string of the molecule is COc1ccc2c(NCC(C)(C)CCCl)nccc2c1. The maximum absolute atomic E-state index is 5.84. The minimum atomic E-state index is 0.151. The van der Waals surface area contributed by atoms with Crippen LogP contribution < -0.4 is 10.1 Å². The molecule has 2 rings (SSSR count). The number of aromatic nitrogens is 1. The van der Waals surface area contributed by atoms with Gasteiger partial charge in [0.25, 0.3) is 0 Å². The fourth-order valence-electron chi connectivity index (χ4n) is 2.09. The number of alkyl halides is 1. The average molecular weight is 293 g/mol. The molecule has 2 aromatic rings. The summed E-state index contributed by atoms with van der Waals surface area (Å²) in [5, 5.41) is 5.67. The van der Waals surface area contributed by atoms with Crippen LogP contribution in [0.2, 0.25) is 0 Å². The molecule has 0 aliphatic carbocycles. The van der Waals surface area contributed by atoms with Crippen LogP contribution in [0, 0.1) is 5.41 Å². The van der Waals surface area contributed by atoms with Crippen molar-refractivity contribution in [2.45, 2.75) is 20.3 Å². The molecule has 0 aliphatic heterocycles. The van der Waals surface area contributed by atoms with Crippen LogP contribution in [0.4, 0.5) is 5.82 Å². The van der Waals surface area contributed by atoms with Crippen molar-refractivity contribution in [1.82, 2.24) is 4.98 Å². The molecule has 4 heteroatoms. The zero-order chi connectivity index (χ0) is 14.6. The van der Waals surface area contributed by atoms with Crippen molar-refractivity contribution in [1.29, 1.82) is 0 Å². The first-order valence-corrected chi connectivity index (χ1v) is 7.32. The van der Waals surface area contributed by atoms with E-state index in [1.165, 1.54) is 0 Å². The van der Waals surface area contributed by atoms with Gasteiger partial charge in [0.15, 0.2) is 0 Å². The Morgan fingerprint density at radius 3 is 2.80 bits per heavy atom. The van der Waals surface area contributed by atoms with Crippen LogP contribution in [-0.2, 0) is 0 Å². The number of halogens is 1. The first-order chi connectivity index (χ1) is 9.55. The van der Waals surface area contributed by atoms with Crippen molar-refractivity contribution in [3.8, 4) is 5.75 Å². The molecule has 0 amide bonds. The summed E-state index contributed by atoms with van der Waals surface area (Å²) in [7, 11) is 1.68. The van der Waals surface area contributed by atoms with Crippen molar-refractivity contribution in [3.05, 3.63) is 30.5 Å². The third-order valence-electron chi connectivity index (χ3n) is 3.48. The summed E-state index contributed by atoms with van der Waals surface area (Å²) in [5.41, 5.74) is 0.151. The summed E-state index contributed by atoms with van der Waals surface area (Å²) >= 11 is 5.84. The van der Waals surface area contributed by atoms with Crippen molar-refractivity contribution in [2.24, 2.45) is 5.41 Å². The zero-order valence-electron chi connectivity index (χ0n) is 12.2. The number of fused-ring (bicyclic) bond motifs is 1. The number of hydrogen-bond acceptors (Lipinski definition) is 3. The summed E-state index contributed by atoms with van der Waals surface area (Å²) in [6.07, 6.45) is 2.79. The number of hydrogen-bond donors (Lipinski definition) is 1. The number of ether oxygens (including phenoxy) is 1. The van der Waals surface area contributed by atoms with Gasteiger partial charge in [-0.1, -0.05) is 13.8 Å². The fraction of sp³-hybridized carbons (Fsp3) is 0.438. The van der Waals surface area contributed by atoms with Crippen molar-refractivity contribution in [3.63, 3.8) is 0 Å². The Bertz CT molecular complexity index is 584. The molecular formula is C16H21ClN2O. The molecule has 1 heterocycles. The van der Waals surface area contributed by atoms with E-state index in [0.29, 0.717) is 5.88 Å². The topological polar surface area (TPSA) is 34.1 Å². The Balaban J connectivity index is 2.22. The van der Waals surface area contributed by atoms with Gasteiger partial charge in [-0.25, -0.2) is 4.98 Å². The standard InChI is InChI=1S/C16H21ClN2O/c1-16(2,7-8-17)11-19-15-14-5-4-13(20-3)10-12(14)6-9-18-15/h4-6,9-10H,7-8,11H2,1-3H3,(H,18,19). The van der Waals surface area contributed by atoms with Crippen molar-refractivity contribution in [2.75, 3.05) is 24.9 Å². The van der Waals surface area contributed by atoms with Gasteiger partial charge in [-0.15, -0.1) is 11.6 Å². The lowest BCUT2D eigenvalue weighted by Crippen LogP contribution is -2.24. The summed E-state index contributed by atoms with van der Waals surface area (Å²) in [6, 6.07) is 8.01. The lowest BCUT2D eigenvalue weighted by Gasteiger charge is -2.24. The lowest BCUT2D eigenvalue weighted by molar-refractivity contribution is 0.379.